The number of rotatable bonds is 3. The minimum atomic E-state index is -0.327. The lowest BCUT2D eigenvalue weighted by Gasteiger charge is -2.16. The smallest absolute Gasteiger partial charge is 0.145 e. The van der Waals surface area contributed by atoms with Crippen LogP contribution < -0.4 is 5.32 Å². The molecule has 2 aliphatic rings. The highest BCUT2D eigenvalue weighted by molar-refractivity contribution is 5.87. The van der Waals surface area contributed by atoms with Crippen molar-refractivity contribution in [1.29, 1.82) is 0 Å². The number of aliphatic hydroxyl groups is 1. The molecule has 2 heterocycles. The van der Waals surface area contributed by atoms with Crippen molar-refractivity contribution in [2.75, 3.05) is 5.32 Å². The number of benzene rings is 1. The number of hydrogen-bond donors (Lipinski definition) is 2. The second kappa shape index (κ2) is 6.09. The summed E-state index contributed by atoms with van der Waals surface area (Å²) < 4.78 is 2.18. The molecule has 5 rings (SSSR count). The Kier molecular flexibility index (Phi) is 3.71. The van der Waals surface area contributed by atoms with Gasteiger partial charge >= 0.3 is 0 Å². The molecular weight excluding hydrogens is 324 g/mol. The van der Waals surface area contributed by atoms with Gasteiger partial charge in [-0.3, -0.25) is 0 Å². The predicted octanol–water partition coefficient (Wildman–Crippen LogP) is 3.68. The summed E-state index contributed by atoms with van der Waals surface area (Å²) in [5, 5.41) is 14.7. The van der Waals surface area contributed by atoms with Crippen molar-refractivity contribution in [2.24, 2.45) is 5.92 Å². The van der Waals surface area contributed by atoms with Crippen molar-refractivity contribution < 1.29 is 5.11 Å². The Hall–Kier alpha value is -2.40. The molecule has 5 heteroatoms. The quantitative estimate of drug-likeness (QED) is 0.759. The largest absolute Gasteiger partial charge is 0.393 e. The van der Waals surface area contributed by atoms with E-state index in [1.807, 2.05) is 0 Å². The molecule has 2 aromatic heterocycles. The van der Waals surface area contributed by atoms with Crippen LogP contribution >= 0.6 is 0 Å². The number of aliphatic hydroxyl groups excluding tert-OH is 1. The van der Waals surface area contributed by atoms with Gasteiger partial charge in [-0.25, -0.2) is 9.97 Å². The van der Waals surface area contributed by atoms with E-state index in [0.717, 1.165) is 42.5 Å². The van der Waals surface area contributed by atoms with Crippen molar-refractivity contribution in [1.82, 2.24) is 14.5 Å². The van der Waals surface area contributed by atoms with E-state index in [0.29, 0.717) is 6.04 Å². The minimum Gasteiger partial charge on any atom is -0.393 e. The van der Waals surface area contributed by atoms with E-state index < -0.39 is 0 Å². The van der Waals surface area contributed by atoms with Gasteiger partial charge in [-0.2, -0.15) is 0 Å². The zero-order valence-electron chi connectivity index (χ0n) is 14.7. The molecule has 0 unspecified atom stereocenters. The molecule has 0 spiro atoms. The number of nitrogens with one attached hydrogen (secondary N) is 1. The van der Waals surface area contributed by atoms with Gasteiger partial charge in [0.05, 0.1) is 17.5 Å². The summed E-state index contributed by atoms with van der Waals surface area (Å²) in [5.41, 5.74) is 3.73. The Labute approximate surface area is 153 Å². The molecule has 0 aliphatic heterocycles. The number of aryl methyl sites for hydroxylation is 1. The predicted molar refractivity (Wildman–Crippen MR) is 102 cm³/mol. The third-order valence-corrected chi connectivity index (χ3v) is 5.98. The van der Waals surface area contributed by atoms with E-state index in [1.165, 1.54) is 11.1 Å². The van der Waals surface area contributed by atoms with Crippen LogP contribution in [0.15, 0.2) is 42.9 Å². The molecular formula is C21H23N4O. The molecule has 2 N–H and O–H groups in total. The number of fused-ring (bicyclic) bond motifs is 2. The first-order valence-electron chi connectivity index (χ1n) is 9.37. The average molecular weight is 347 g/mol. The summed E-state index contributed by atoms with van der Waals surface area (Å²) in [5.74, 6) is 0.979. The lowest BCUT2D eigenvalue weighted by molar-refractivity contribution is 0.149. The standard InChI is InChI=1S/C21H23N4O/c1-13-10-15(11-19(13)26)25-9-8-17-20(22-12-23-21(17)25)24-18-7-6-14-4-2-3-5-16(14)18/h2-5,8-9,12-13,15,18-19,26H,1,6-7,10-11H2,(H,22,23,24)/t13-,15+,18-,19-/m0/s1. The highest BCUT2D eigenvalue weighted by atomic mass is 16.3. The number of nitrogens with zero attached hydrogens (tertiary/aromatic N) is 3. The van der Waals surface area contributed by atoms with Gasteiger partial charge in [-0.05, 0) is 55.7 Å². The number of hydrogen-bond acceptors (Lipinski definition) is 4. The first-order valence-corrected chi connectivity index (χ1v) is 9.37. The molecule has 1 saturated carbocycles. The molecule has 1 radical (unpaired) electrons. The van der Waals surface area contributed by atoms with E-state index in [1.54, 1.807) is 6.33 Å². The van der Waals surface area contributed by atoms with Gasteiger partial charge in [0.2, 0.25) is 0 Å². The average Bonchev–Trinajstić information content (AvgIpc) is 3.34. The lowest BCUT2D eigenvalue weighted by atomic mass is 10.1. The second-order valence-electron chi connectivity index (χ2n) is 7.57. The van der Waals surface area contributed by atoms with Gasteiger partial charge in [-0.15, -0.1) is 0 Å². The topological polar surface area (TPSA) is 63.0 Å². The molecule has 133 valence electrons. The van der Waals surface area contributed by atoms with Crippen molar-refractivity contribution in [3.8, 4) is 0 Å². The SMILES string of the molecule is [CH2][C@H]1C[C@@H](n2ccc3c(N[C@H]4CCc5ccccc54)ncnc32)C[C@@H]1O. The fraction of sp³-hybridized carbons (Fsp3) is 0.381. The highest BCUT2D eigenvalue weighted by Crippen LogP contribution is 2.38. The first kappa shape index (κ1) is 15.8. The zero-order valence-corrected chi connectivity index (χ0v) is 14.7. The fourth-order valence-electron chi connectivity index (χ4n) is 4.55. The molecule has 5 nitrogen and oxygen atoms in total. The van der Waals surface area contributed by atoms with Gasteiger partial charge in [0.1, 0.15) is 17.8 Å². The van der Waals surface area contributed by atoms with Gasteiger partial charge < -0.3 is 15.0 Å². The van der Waals surface area contributed by atoms with Crippen LogP contribution in [0.2, 0.25) is 0 Å². The van der Waals surface area contributed by atoms with E-state index in [-0.39, 0.29) is 18.1 Å². The molecule has 1 fully saturated rings. The van der Waals surface area contributed by atoms with Crippen LogP contribution in [0.3, 0.4) is 0 Å². The summed E-state index contributed by atoms with van der Waals surface area (Å²) in [6.45, 7) is 4.06. The minimum absolute atomic E-state index is 0.0897. The van der Waals surface area contributed by atoms with Crippen LogP contribution in [-0.4, -0.2) is 25.7 Å². The van der Waals surface area contributed by atoms with Crippen molar-refractivity contribution in [2.45, 2.75) is 43.9 Å². The molecule has 1 aromatic carbocycles. The second-order valence-corrected chi connectivity index (χ2v) is 7.57. The summed E-state index contributed by atoms with van der Waals surface area (Å²) >= 11 is 0. The summed E-state index contributed by atoms with van der Waals surface area (Å²) in [4.78, 5) is 9.04. The van der Waals surface area contributed by atoms with Crippen LogP contribution in [0.25, 0.3) is 11.0 Å². The highest BCUT2D eigenvalue weighted by Gasteiger charge is 2.32. The van der Waals surface area contributed by atoms with E-state index >= 15 is 0 Å². The maximum Gasteiger partial charge on any atom is 0.145 e. The molecule has 0 bridgehead atoms. The number of aromatic nitrogens is 3. The lowest BCUT2D eigenvalue weighted by Crippen LogP contribution is -2.10. The van der Waals surface area contributed by atoms with E-state index in [4.69, 9.17) is 0 Å². The maximum absolute atomic E-state index is 10.1. The zero-order chi connectivity index (χ0) is 17.7. The van der Waals surface area contributed by atoms with E-state index in [2.05, 4.69) is 63.3 Å². The van der Waals surface area contributed by atoms with Crippen LogP contribution in [0, 0.1) is 12.8 Å². The third-order valence-electron chi connectivity index (χ3n) is 5.98. The maximum atomic E-state index is 10.1. The third kappa shape index (κ3) is 2.50. The van der Waals surface area contributed by atoms with Crippen molar-refractivity contribution in [3.05, 3.63) is 60.9 Å². The Balaban J connectivity index is 1.47. The van der Waals surface area contributed by atoms with Gasteiger partial charge in [-0.1, -0.05) is 24.3 Å². The molecule has 2 aliphatic carbocycles. The van der Waals surface area contributed by atoms with Crippen LogP contribution in [0.4, 0.5) is 5.82 Å². The Bertz CT molecular complexity index is 940. The molecule has 26 heavy (non-hydrogen) atoms. The van der Waals surface area contributed by atoms with Gasteiger partial charge in [0.25, 0.3) is 0 Å². The van der Waals surface area contributed by atoms with Crippen molar-refractivity contribution >= 4 is 16.9 Å². The Morgan fingerprint density at radius 3 is 2.88 bits per heavy atom. The van der Waals surface area contributed by atoms with Crippen LogP contribution in [0.1, 0.15) is 42.5 Å². The van der Waals surface area contributed by atoms with Crippen molar-refractivity contribution in [3.63, 3.8) is 0 Å². The van der Waals surface area contributed by atoms with Crippen LogP contribution in [0.5, 0.6) is 0 Å². The van der Waals surface area contributed by atoms with Gasteiger partial charge in [0.15, 0.2) is 0 Å². The summed E-state index contributed by atoms with van der Waals surface area (Å²) in [7, 11) is 0. The monoisotopic (exact) mass is 347 g/mol. The first-order chi connectivity index (χ1) is 12.7. The molecule has 3 aromatic rings. The molecule has 0 amide bonds. The summed E-state index contributed by atoms with van der Waals surface area (Å²) in [6.07, 6.45) is 7.19. The molecule has 0 saturated heterocycles. The molecule has 4 atom stereocenters. The fourth-order valence-corrected chi connectivity index (χ4v) is 4.55. The van der Waals surface area contributed by atoms with E-state index in [9.17, 15) is 5.11 Å². The number of anilines is 1. The Morgan fingerprint density at radius 2 is 2.04 bits per heavy atom. The summed E-state index contributed by atoms with van der Waals surface area (Å²) in [6, 6.07) is 11.3. The van der Waals surface area contributed by atoms with Crippen LogP contribution in [-0.2, 0) is 6.42 Å². The normalized spacial score (nSPS) is 27.8. The van der Waals surface area contributed by atoms with Gasteiger partial charge in [0, 0.05) is 12.2 Å². The Morgan fingerprint density at radius 1 is 1.15 bits per heavy atom.